The first-order chi connectivity index (χ1) is 11.6. The van der Waals surface area contributed by atoms with Crippen molar-refractivity contribution in [2.24, 2.45) is 5.92 Å². The SMILES string of the molecule is Cc1cccc(OCC(=O)N2CC[NH+](C3CCC(C)CC3)CC2)c1. The van der Waals surface area contributed by atoms with Crippen molar-refractivity contribution in [3.8, 4) is 5.75 Å². The summed E-state index contributed by atoms with van der Waals surface area (Å²) in [4.78, 5) is 16.1. The fourth-order valence-corrected chi connectivity index (χ4v) is 4.06. The van der Waals surface area contributed by atoms with Gasteiger partial charge in [-0.1, -0.05) is 19.1 Å². The summed E-state index contributed by atoms with van der Waals surface area (Å²) in [6.07, 6.45) is 5.48. The van der Waals surface area contributed by atoms with Crippen molar-refractivity contribution in [2.75, 3.05) is 32.8 Å². The Bertz CT molecular complexity index is 544. The van der Waals surface area contributed by atoms with E-state index in [0.717, 1.165) is 49.5 Å². The van der Waals surface area contributed by atoms with E-state index in [1.54, 1.807) is 4.90 Å². The van der Waals surface area contributed by atoms with E-state index in [4.69, 9.17) is 4.74 Å². The summed E-state index contributed by atoms with van der Waals surface area (Å²) < 4.78 is 5.66. The number of piperazine rings is 1. The number of benzene rings is 1. The summed E-state index contributed by atoms with van der Waals surface area (Å²) in [6.45, 7) is 8.48. The fraction of sp³-hybridized carbons (Fsp3) is 0.650. The highest BCUT2D eigenvalue weighted by molar-refractivity contribution is 5.77. The van der Waals surface area contributed by atoms with Gasteiger partial charge in [0.25, 0.3) is 5.91 Å². The zero-order chi connectivity index (χ0) is 16.9. The average Bonchev–Trinajstić information content (AvgIpc) is 2.61. The van der Waals surface area contributed by atoms with E-state index in [0.29, 0.717) is 0 Å². The maximum absolute atomic E-state index is 12.4. The molecular weight excluding hydrogens is 300 g/mol. The van der Waals surface area contributed by atoms with Crippen molar-refractivity contribution >= 4 is 5.91 Å². The lowest BCUT2D eigenvalue weighted by molar-refractivity contribution is -0.930. The number of nitrogens with zero attached hydrogens (tertiary/aromatic N) is 1. The van der Waals surface area contributed by atoms with Crippen LogP contribution in [0.25, 0.3) is 0 Å². The van der Waals surface area contributed by atoms with Crippen molar-refractivity contribution in [1.82, 2.24) is 4.90 Å². The minimum absolute atomic E-state index is 0.118. The van der Waals surface area contributed by atoms with Crippen LogP contribution in [0.2, 0.25) is 0 Å². The summed E-state index contributed by atoms with van der Waals surface area (Å²) in [5, 5.41) is 0. The van der Waals surface area contributed by atoms with E-state index in [1.165, 1.54) is 25.7 Å². The molecular formula is C20H31N2O2+. The molecule has 132 valence electrons. The lowest BCUT2D eigenvalue weighted by Gasteiger charge is -2.38. The van der Waals surface area contributed by atoms with Crippen molar-refractivity contribution in [3.63, 3.8) is 0 Å². The molecule has 1 saturated heterocycles. The molecule has 2 fully saturated rings. The molecule has 1 aromatic rings. The third-order valence-electron chi connectivity index (χ3n) is 5.70. The summed E-state index contributed by atoms with van der Waals surface area (Å²) in [5.74, 6) is 1.80. The molecule has 1 aliphatic carbocycles. The molecule has 0 radical (unpaired) electrons. The molecule has 0 bridgehead atoms. The number of carbonyl (C=O) groups is 1. The smallest absolute Gasteiger partial charge is 0.260 e. The number of hydrogen-bond donors (Lipinski definition) is 1. The van der Waals surface area contributed by atoms with E-state index in [-0.39, 0.29) is 12.5 Å². The van der Waals surface area contributed by atoms with Crippen molar-refractivity contribution in [3.05, 3.63) is 29.8 Å². The molecule has 1 N–H and O–H groups in total. The number of carbonyl (C=O) groups excluding carboxylic acids is 1. The Hall–Kier alpha value is -1.55. The standard InChI is InChI=1S/C20H30N2O2/c1-16-6-8-18(9-7-16)21-10-12-22(13-11-21)20(23)15-24-19-5-3-4-17(2)14-19/h3-5,14,16,18H,6-13,15H2,1-2H3/p+1. The van der Waals surface area contributed by atoms with Gasteiger partial charge in [-0.05, 0) is 56.2 Å². The zero-order valence-corrected chi connectivity index (χ0v) is 15.1. The molecule has 0 unspecified atom stereocenters. The van der Waals surface area contributed by atoms with Crippen LogP contribution in [0.15, 0.2) is 24.3 Å². The van der Waals surface area contributed by atoms with Crippen molar-refractivity contribution < 1.29 is 14.4 Å². The molecule has 1 saturated carbocycles. The first-order valence-corrected chi connectivity index (χ1v) is 9.43. The second-order valence-corrected chi connectivity index (χ2v) is 7.60. The van der Waals surface area contributed by atoms with Crippen LogP contribution in [-0.2, 0) is 4.79 Å². The molecule has 1 aliphatic heterocycles. The first-order valence-electron chi connectivity index (χ1n) is 9.43. The Kier molecular flexibility index (Phi) is 5.77. The van der Waals surface area contributed by atoms with Gasteiger partial charge in [-0.2, -0.15) is 0 Å². The maximum Gasteiger partial charge on any atom is 0.260 e. The number of rotatable bonds is 4. The normalized spacial score (nSPS) is 25.5. The molecule has 4 heteroatoms. The molecule has 24 heavy (non-hydrogen) atoms. The summed E-state index contributed by atoms with van der Waals surface area (Å²) in [6, 6.07) is 8.69. The Labute approximate surface area is 145 Å². The Morgan fingerprint density at radius 1 is 1.21 bits per heavy atom. The quantitative estimate of drug-likeness (QED) is 0.911. The van der Waals surface area contributed by atoms with Crippen LogP contribution in [-0.4, -0.2) is 49.6 Å². The monoisotopic (exact) mass is 331 g/mol. The van der Waals surface area contributed by atoms with Gasteiger partial charge in [0.05, 0.1) is 32.2 Å². The van der Waals surface area contributed by atoms with Gasteiger partial charge in [-0.3, -0.25) is 4.79 Å². The zero-order valence-electron chi connectivity index (χ0n) is 15.1. The summed E-state index contributed by atoms with van der Waals surface area (Å²) >= 11 is 0. The third kappa shape index (κ3) is 4.50. The van der Waals surface area contributed by atoms with Crippen LogP contribution >= 0.6 is 0 Å². The number of hydrogen-bond acceptors (Lipinski definition) is 2. The number of ether oxygens (including phenoxy) is 1. The topological polar surface area (TPSA) is 34.0 Å². The minimum Gasteiger partial charge on any atom is -0.484 e. The van der Waals surface area contributed by atoms with Crippen LogP contribution in [0.5, 0.6) is 5.75 Å². The molecule has 3 rings (SSSR count). The summed E-state index contributed by atoms with van der Waals surface area (Å²) in [7, 11) is 0. The molecule has 0 atom stereocenters. The van der Waals surface area contributed by atoms with Crippen LogP contribution in [0, 0.1) is 12.8 Å². The van der Waals surface area contributed by atoms with E-state index < -0.39 is 0 Å². The molecule has 2 aliphatic rings. The van der Waals surface area contributed by atoms with Crippen LogP contribution in [0.4, 0.5) is 0 Å². The largest absolute Gasteiger partial charge is 0.484 e. The van der Waals surface area contributed by atoms with Gasteiger partial charge in [0, 0.05) is 0 Å². The van der Waals surface area contributed by atoms with E-state index in [9.17, 15) is 4.79 Å². The van der Waals surface area contributed by atoms with Gasteiger partial charge in [-0.25, -0.2) is 0 Å². The Morgan fingerprint density at radius 3 is 2.58 bits per heavy atom. The number of quaternary nitrogens is 1. The van der Waals surface area contributed by atoms with Gasteiger partial charge >= 0.3 is 0 Å². The molecule has 0 spiro atoms. The highest BCUT2D eigenvalue weighted by Crippen LogP contribution is 2.22. The number of amides is 1. The lowest BCUT2D eigenvalue weighted by atomic mass is 9.86. The number of nitrogens with one attached hydrogen (secondary N) is 1. The second kappa shape index (κ2) is 8.02. The molecule has 1 amide bonds. The minimum atomic E-state index is 0.118. The summed E-state index contributed by atoms with van der Waals surface area (Å²) in [5.41, 5.74) is 1.15. The van der Waals surface area contributed by atoms with E-state index >= 15 is 0 Å². The van der Waals surface area contributed by atoms with Gasteiger partial charge in [-0.15, -0.1) is 0 Å². The van der Waals surface area contributed by atoms with E-state index in [1.807, 2.05) is 36.1 Å². The third-order valence-corrected chi connectivity index (χ3v) is 5.70. The average molecular weight is 331 g/mol. The van der Waals surface area contributed by atoms with Gasteiger partial charge in [0.15, 0.2) is 6.61 Å². The van der Waals surface area contributed by atoms with Crippen LogP contribution in [0.1, 0.15) is 38.2 Å². The van der Waals surface area contributed by atoms with Crippen LogP contribution in [0.3, 0.4) is 0 Å². The Balaban J connectivity index is 1.42. The highest BCUT2D eigenvalue weighted by atomic mass is 16.5. The number of aryl methyl sites for hydroxylation is 1. The molecule has 0 aromatic heterocycles. The van der Waals surface area contributed by atoms with Gasteiger partial charge in [0.2, 0.25) is 0 Å². The van der Waals surface area contributed by atoms with Crippen LogP contribution < -0.4 is 9.64 Å². The van der Waals surface area contributed by atoms with E-state index in [2.05, 4.69) is 6.92 Å². The molecule has 4 nitrogen and oxygen atoms in total. The predicted molar refractivity (Wildman–Crippen MR) is 95.4 cm³/mol. The van der Waals surface area contributed by atoms with Crippen molar-refractivity contribution in [1.29, 1.82) is 0 Å². The Morgan fingerprint density at radius 2 is 1.92 bits per heavy atom. The highest BCUT2D eigenvalue weighted by Gasteiger charge is 2.31. The molecule has 1 aromatic carbocycles. The predicted octanol–water partition coefficient (Wildman–Crippen LogP) is 1.68. The fourth-order valence-electron chi connectivity index (χ4n) is 4.06. The first kappa shape index (κ1) is 17.3. The van der Waals surface area contributed by atoms with Gasteiger partial charge < -0.3 is 14.5 Å². The van der Waals surface area contributed by atoms with Gasteiger partial charge in [0.1, 0.15) is 5.75 Å². The maximum atomic E-state index is 12.4. The second-order valence-electron chi connectivity index (χ2n) is 7.60. The lowest BCUT2D eigenvalue weighted by Crippen LogP contribution is -3.18. The van der Waals surface area contributed by atoms with Crippen molar-refractivity contribution in [2.45, 2.75) is 45.6 Å². The molecule has 1 heterocycles.